The lowest BCUT2D eigenvalue weighted by atomic mass is 10.1. The monoisotopic (exact) mass is 302 g/mol. The van der Waals surface area contributed by atoms with Crippen molar-refractivity contribution >= 4 is 5.91 Å². The Balaban J connectivity index is 1.56. The van der Waals surface area contributed by atoms with Gasteiger partial charge in [0.1, 0.15) is 24.5 Å². The van der Waals surface area contributed by atoms with E-state index in [2.05, 4.69) is 31.9 Å². The first kappa shape index (κ1) is 14.7. The number of aromatic nitrogens is 5. The van der Waals surface area contributed by atoms with E-state index in [0.29, 0.717) is 6.54 Å². The normalized spacial score (nSPS) is 17.2. The first-order chi connectivity index (χ1) is 10.6. The molecular formula is C15H22N6O. The predicted molar refractivity (Wildman–Crippen MR) is 81.0 cm³/mol. The second-order valence-corrected chi connectivity index (χ2v) is 6.09. The van der Waals surface area contributed by atoms with Crippen LogP contribution >= 0.6 is 0 Å². The fourth-order valence-corrected chi connectivity index (χ4v) is 2.69. The highest BCUT2D eigenvalue weighted by molar-refractivity contribution is 5.79. The van der Waals surface area contributed by atoms with Crippen LogP contribution in [0.25, 0.3) is 0 Å². The van der Waals surface area contributed by atoms with Crippen molar-refractivity contribution in [3.63, 3.8) is 0 Å². The molecule has 118 valence electrons. The smallest absolute Gasteiger partial charge is 0.244 e. The van der Waals surface area contributed by atoms with Crippen LogP contribution in [-0.4, -0.2) is 36.8 Å². The van der Waals surface area contributed by atoms with Crippen LogP contribution in [0.5, 0.6) is 0 Å². The van der Waals surface area contributed by atoms with Gasteiger partial charge in [-0.05, 0) is 19.8 Å². The number of nitrogens with one attached hydrogen (secondary N) is 1. The Bertz CT molecular complexity index is 628. The van der Waals surface area contributed by atoms with Crippen molar-refractivity contribution in [3.8, 4) is 0 Å². The molecule has 0 bridgehead atoms. The topological polar surface area (TPSA) is 77.6 Å². The van der Waals surface area contributed by atoms with Crippen LogP contribution in [0.1, 0.15) is 38.6 Å². The van der Waals surface area contributed by atoms with Gasteiger partial charge in [0.05, 0.1) is 0 Å². The first-order valence-corrected chi connectivity index (χ1v) is 7.75. The Hall–Kier alpha value is -2.18. The Morgan fingerprint density at radius 1 is 1.50 bits per heavy atom. The molecule has 1 fully saturated rings. The lowest BCUT2D eigenvalue weighted by molar-refractivity contribution is -0.124. The van der Waals surface area contributed by atoms with E-state index in [1.807, 2.05) is 19.3 Å². The average molecular weight is 302 g/mol. The fourth-order valence-electron chi connectivity index (χ4n) is 2.69. The van der Waals surface area contributed by atoms with Crippen molar-refractivity contribution in [2.75, 3.05) is 6.54 Å². The minimum Gasteiger partial charge on any atom is -0.354 e. The molecule has 22 heavy (non-hydrogen) atoms. The number of amides is 1. The molecule has 0 aromatic carbocycles. The summed E-state index contributed by atoms with van der Waals surface area (Å²) in [6.07, 6.45) is 10.1. The van der Waals surface area contributed by atoms with Crippen molar-refractivity contribution in [1.82, 2.24) is 29.6 Å². The van der Waals surface area contributed by atoms with Gasteiger partial charge >= 0.3 is 0 Å². The molecule has 1 aliphatic carbocycles. The summed E-state index contributed by atoms with van der Waals surface area (Å²) in [6, 6.07) is -0.335. The van der Waals surface area contributed by atoms with Crippen LogP contribution in [0, 0.1) is 5.41 Å². The maximum atomic E-state index is 12.2. The zero-order valence-corrected chi connectivity index (χ0v) is 13.1. The number of hydrogen-bond donors (Lipinski definition) is 1. The SMILES string of the molecule is CCc1nccn1CC1(CNC(=O)[C@@H](C)n2cncn2)CC1. The van der Waals surface area contributed by atoms with Crippen molar-refractivity contribution < 1.29 is 4.79 Å². The van der Waals surface area contributed by atoms with Gasteiger partial charge in [0, 0.05) is 37.3 Å². The standard InChI is InChI=1S/C15H22N6O/c1-3-13-17-6-7-20(13)9-15(4-5-15)8-18-14(22)12(2)21-11-16-10-19-21/h6-7,10-12H,3-5,8-9H2,1-2H3,(H,18,22)/t12-/m1/s1. The molecule has 1 aliphatic rings. The summed E-state index contributed by atoms with van der Waals surface area (Å²) in [4.78, 5) is 20.5. The Morgan fingerprint density at radius 2 is 2.32 bits per heavy atom. The molecule has 2 heterocycles. The average Bonchev–Trinajstić information content (AvgIpc) is 2.96. The third kappa shape index (κ3) is 3.03. The third-order valence-electron chi connectivity index (χ3n) is 4.43. The first-order valence-electron chi connectivity index (χ1n) is 7.75. The molecule has 1 atom stereocenters. The van der Waals surface area contributed by atoms with E-state index < -0.39 is 0 Å². The molecule has 1 N–H and O–H groups in total. The molecule has 0 saturated heterocycles. The number of rotatable bonds is 7. The molecule has 0 radical (unpaired) electrons. The van der Waals surface area contributed by atoms with E-state index in [9.17, 15) is 4.79 Å². The summed E-state index contributed by atoms with van der Waals surface area (Å²) < 4.78 is 3.78. The number of carbonyl (C=O) groups is 1. The maximum absolute atomic E-state index is 12.2. The molecule has 2 aromatic rings. The van der Waals surface area contributed by atoms with Gasteiger partial charge in [0.15, 0.2) is 0 Å². The highest BCUT2D eigenvalue weighted by Crippen LogP contribution is 2.46. The molecule has 0 spiro atoms. The second kappa shape index (κ2) is 5.90. The van der Waals surface area contributed by atoms with Gasteiger partial charge in [-0.1, -0.05) is 6.92 Å². The molecule has 7 nitrogen and oxygen atoms in total. The molecule has 0 unspecified atom stereocenters. The zero-order valence-electron chi connectivity index (χ0n) is 13.1. The summed E-state index contributed by atoms with van der Waals surface area (Å²) in [5, 5.41) is 7.08. The van der Waals surface area contributed by atoms with Crippen LogP contribution in [-0.2, 0) is 17.8 Å². The van der Waals surface area contributed by atoms with Crippen LogP contribution in [0.4, 0.5) is 0 Å². The van der Waals surface area contributed by atoms with Crippen molar-refractivity contribution in [3.05, 3.63) is 30.9 Å². The van der Waals surface area contributed by atoms with E-state index in [-0.39, 0.29) is 17.4 Å². The molecule has 3 rings (SSSR count). The lowest BCUT2D eigenvalue weighted by Crippen LogP contribution is -2.36. The van der Waals surface area contributed by atoms with Crippen LogP contribution < -0.4 is 5.32 Å². The summed E-state index contributed by atoms with van der Waals surface area (Å²) in [7, 11) is 0. The van der Waals surface area contributed by atoms with Crippen molar-refractivity contribution in [2.45, 2.75) is 45.7 Å². The van der Waals surface area contributed by atoms with Gasteiger partial charge in [0.25, 0.3) is 0 Å². The molecule has 7 heteroatoms. The molecule has 1 saturated carbocycles. The summed E-state index contributed by atoms with van der Waals surface area (Å²) in [5.41, 5.74) is 0.183. The van der Waals surface area contributed by atoms with Crippen molar-refractivity contribution in [1.29, 1.82) is 0 Å². The van der Waals surface area contributed by atoms with Gasteiger partial charge < -0.3 is 9.88 Å². The quantitative estimate of drug-likeness (QED) is 0.833. The van der Waals surface area contributed by atoms with Gasteiger partial charge in [0.2, 0.25) is 5.91 Å². The summed E-state index contributed by atoms with van der Waals surface area (Å²) in [6.45, 7) is 5.56. The van der Waals surface area contributed by atoms with Gasteiger partial charge in [-0.25, -0.2) is 14.6 Å². The fraction of sp³-hybridized carbons (Fsp3) is 0.600. The van der Waals surface area contributed by atoms with Gasteiger partial charge in [-0.2, -0.15) is 5.10 Å². The molecule has 2 aromatic heterocycles. The minimum absolute atomic E-state index is 0.0156. The zero-order chi connectivity index (χ0) is 15.6. The van der Waals surface area contributed by atoms with Crippen LogP contribution in [0.15, 0.2) is 25.0 Å². The van der Waals surface area contributed by atoms with E-state index in [0.717, 1.165) is 31.6 Å². The predicted octanol–water partition coefficient (Wildman–Crippen LogP) is 1.19. The van der Waals surface area contributed by atoms with Crippen LogP contribution in [0.2, 0.25) is 0 Å². The maximum Gasteiger partial charge on any atom is 0.244 e. The summed E-state index contributed by atoms with van der Waals surface area (Å²) in [5.74, 6) is 1.09. The van der Waals surface area contributed by atoms with E-state index in [1.54, 1.807) is 11.0 Å². The van der Waals surface area contributed by atoms with Crippen molar-refractivity contribution in [2.24, 2.45) is 5.41 Å². The molecular weight excluding hydrogens is 280 g/mol. The molecule has 0 aliphatic heterocycles. The van der Waals surface area contributed by atoms with Gasteiger partial charge in [-0.3, -0.25) is 4.79 Å². The summed E-state index contributed by atoms with van der Waals surface area (Å²) >= 11 is 0. The Kier molecular flexibility index (Phi) is 3.96. The lowest BCUT2D eigenvalue weighted by Gasteiger charge is -2.19. The third-order valence-corrected chi connectivity index (χ3v) is 4.43. The number of nitrogens with zero attached hydrogens (tertiary/aromatic N) is 5. The van der Waals surface area contributed by atoms with Gasteiger partial charge in [-0.15, -0.1) is 0 Å². The number of aryl methyl sites for hydroxylation is 1. The Labute approximate surface area is 129 Å². The molecule has 1 amide bonds. The number of hydrogen-bond acceptors (Lipinski definition) is 4. The highest BCUT2D eigenvalue weighted by atomic mass is 16.2. The number of carbonyl (C=O) groups excluding carboxylic acids is 1. The largest absolute Gasteiger partial charge is 0.354 e. The van der Waals surface area contributed by atoms with E-state index >= 15 is 0 Å². The van der Waals surface area contributed by atoms with E-state index in [1.165, 1.54) is 6.33 Å². The van der Waals surface area contributed by atoms with Crippen LogP contribution in [0.3, 0.4) is 0 Å². The number of imidazole rings is 1. The Morgan fingerprint density at radius 3 is 2.95 bits per heavy atom. The second-order valence-electron chi connectivity index (χ2n) is 6.09. The highest BCUT2D eigenvalue weighted by Gasteiger charge is 2.43. The van der Waals surface area contributed by atoms with E-state index in [4.69, 9.17) is 0 Å². The minimum atomic E-state index is -0.335.